The predicted octanol–water partition coefficient (Wildman–Crippen LogP) is 4.03. The Balaban J connectivity index is 1.87. The molecule has 2 aromatic heterocycles. The summed E-state index contributed by atoms with van der Waals surface area (Å²) in [6.45, 7) is 0. The van der Waals surface area contributed by atoms with Gasteiger partial charge in [0.2, 0.25) is 0 Å². The molecule has 0 bridgehead atoms. The molecule has 106 valence electrons. The molecule has 4 aromatic rings. The standard InChI is InChI=1S/C17H12N4O/c1-3-7-12(8-4-1)15-14-16(18-11-19-17(14)22-21-15)20-13-9-5-2-6-10-13/h1-11H,(H,18,19,20). The molecule has 0 aliphatic heterocycles. The summed E-state index contributed by atoms with van der Waals surface area (Å²) in [5.74, 6) is 0.677. The lowest BCUT2D eigenvalue weighted by Gasteiger charge is -2.06. The molecule has 1 N–H and O–H groups in total. The van der Waals surface area contributed by atoms with Crippen LogP contribution in [-0.4, -0.2) is 15.1 Å². The Hall–Kier alpha value is -3.21. The molecule has 0 unspecified atom stereocenters. The van der Waals surface area contributed by atoms with Crippen LogP contribution in [0.1, 0.15) is 0 Å². The minimum absolute atomic E-state index is 0.465. The highest BCUT2D eigenvalue weighted by atomic mass is 16.5. The van der Waals surface area contributed by atoms with E-state index >= 15 is 0 Å². The molecule has 2 aromatic carbocycles. The first-order chi connectivity index (χ1) is 10.9. The summed E-state index contributed by atoms with van der Waals surface area (Å²) in [4.78, 5) is 8.49. The van der Waals surface area contributed by atoms with Gasteiger partial charge in [0.05, 0.1) is 0 Å². The van der Waals surface area contributed by atoms with E-state index < -0.39 is 0 Å². The molecule has 0 aliphatic rings. The van der Waals surface area contributed by atoms with Crippen molar-refractivity contribution in [2.75, 3.05) is 5.32 Å². The van der Waals surface area contributed by atoms with Crippen molar-refractivity contribution in [1.29, 1.82) is 0 Å². The summed E-state index contributed by atoms with van der Waals surface area (Å²) in [5.41, 5.74) is 3.11. The van der Waals surface area contributed by atoms with Crippen LogP contribution in [0.2, 0.25) is 0 Å². The van der Waals surface area contributed by atoms with E-state index in [1.807, 2.05) is 60.7 Å². The van der Waals surface area contributed by atoms with Gasteiger partial charge in [-0.15, -0.1) is 0 Å². The molecule has 0 atom stereocenters. The Morgan fingerprint density at radius 3 is 2.32 bits per heavy atom. The molecule has 0 fully saturated rings. The number of nitrogens with zero attached hydrogens (tertiary/aromatic N) is 3. The van der Waals surface area contributed by atoms with E-state index in [9.17, 15) is 0 Å². The van der Waals surface area contributed by atoms with Crippen LogP contribution in [0.4, 0.5) is 11.5 Å². The number of hydrogen-bond donors (Lipinski definition) is 1. The predicted molar refractivity (Wildman–Crippen MR) is 84.8 cm³/mol. The van der Waals surface area contributed by atoms with Crippen LogP contribution in [0.25, 0.3) is 22.4 Å². The molecule has 0 saturated carbocycles. The van der Waals surface area contributed by atoms with E-state index in [4.69, 9.17) is 4.52 Å². The molecule has 0 radical (unpaired) electrons. The van der Waals surface area contributed by atoms with Crippen LogP contribution < -0.4 is 5.32 Å². The molecule has 0 amide bonds. The van der Waals surface area contributed by atoms with E-state index in [1.165, 1.54) is 6.33 Å². The second kappa shape index (κ2) is 5.29. The third-order valence-electron chi connectivity index (χ3n) is 3.36. The molecule has 0 aliphatic carbocycles. The van der Waals surface area contributed by atoms with Crippen molar-refractivity contribution in [1.82, 2.24) is 15.1 Å². The zero-order chi connectivity index (χ0) is 14.8. The summed E-state index contributed by atoms with van der Waals surface area (Å²) in [5, 5.41) is 8.22. The third-order valence-corrected chi connectivity index (χ3v) is 3.36. The van der Waals surface area contributed by atoms with Gasteiger partial charge in [-0.3, -0.25) is 0 Å². The molecular weight excluding hydrogens is 276 g/mol. The van der Waals surface area contributed by atoms with E-state index in [2.05, 4.69) is 20.4 Å². The maximum absolute atomic E-state index is 5.34. The lowest BCUT2D eigenvalue weighted by Crippen LogP contribution is -1.95. The minimum Gasteiger partial charge on any atom is -0.339 e. The molecule has 5 nitrogen and oxygen atoms in total. The van der Waals surface area contributed by atoms with E-state index in [0.29, 0.717) is 11.5 Å². The van der Waals surface area contributed by atoms with Crippen LogP contribution in [0.5, 0.6) is 0 Å². The second-order valence-corrected chi connectivity index (χ2v) is 4.79. The summed E-state index contributed by atoms with van der Waals surface area (Å²) in [6, 6.07) is 19.7. The van der Waals surface area contributed by atoms with Gasteiger partial charge in [-0.1, -0.05) is 53.7 Å². The third kappa shape index (κ3) is 2.18. The van der Waals surface area contributed by atoms with Crippen LogP contribution in [0, 0.1) is 0 Å². The number of hydrogen-bond acceptors (Lipinski definition) is 5. The van der Waals surface area contributed by atoms with Gasteiger partial charge in [0.1, 0.15) is 23.2 Å². The topological polar surface area (TPSA) is 63.8 Å². The zero-order valence-corrected chi connectivity index (χ0v) is 11.6. The molecule has 22 heavy (non-hydrogen) atoms. The average molecular weight is 288 g/mol. The van der Waals surface area contributed by atoms with Crippen molar-refractivity contribution in [2.24, 2.45) is 0 Å². The van der Waals surface area contributed by atoms with Gasteiger partial charge in [-0.25, -0.2) is 4.98 Å². The van der Waals surface area contributed by atoms with Crippen LogP contribution >= 0.6 is 0 Å². The fourth-order valence-electron chi connectivity index (χ4n) is 2.33. The quantitative estimate of drug-likeness (QED) is 0.616. The van der Waals surface area contributed by atoms with Gasteiger partial charge in [-0.05, 0) is 12.1 Å². The normalized spacial score (nSPS) is 10.7. The van der Waals surface area contributed by atoms with Gasteiger partial charge in [-0.2, -0.15) is 4.98 Å². The molecule has 5 heteroatoms. The number of anilines is 2. The number of rotatable bonds is 3. The van der Waals surface area contributed by atoms with E-state index in [1.54, 1.807) is 0 Å². The molecule has 0 spiro atoms. The SMILES string of the molecule is c1ccc(Nc2ncnc3onc(-c4ccccc4)c23)cc1. The van der Waals surface area contributed by atoms with Crippen LogP contribution in [0.15, 0.2) is 71.5 Å². The number of fused-ring (bicyclic) bond motifs is 1. The summed E-state index contributed by atoms with van der Waals surface area (Å²) in [7, 11) is 0. The fourth-order valence-corrected chi connectivity index (χ4v) is 2.33. The Kier molecular flexibility index (Phi) is 3.01. The number of para-hydroxylation sites is 1. The Bertz CT molecular complexity index is 904. The van der Waals surface area contributed by atoms with Crippen molar-refractivity contribution in [2.45, 2.75) is 0 Å². The van der Waals surface area contributed by atoms with E-state index in [0.717, 1.165) is 22.3 Å². The Morgan fingerprint density at radius 2 is 1.55 bits per heavy atom. The molecule has 0 saturated heterocycles. The first kappa shape index (κ1) is 12.5. The van der Waals surface area contributed by atoms with Crippen molar-refractivity contribution < 1.29 is 4.52 Å². The van der Waals surface area contributed by atoms with Gasteiger partial charge in [0.15, 0.2) is 0 Å². The summed E-state index contributed by atoms with van der Waals surface area (Å²) < 4.78 is 5.34. The van der Waals surface area contributed by atoms with Gasteiger partial charge >= 0.3 is 0 Å². The first-order valence-electron chi connectivity index (χ1n) is 6.90. The highest BCUT2D eigenvalue weighted by Gasteiger charge is 2.16. The zero-order valence-electron chi connectivity index (χ0n) is 11.6. The maximum Gasteiger partial charge on any atom is 0.263 e. The van der Waals surface area contributed by atoms with Crippen molar-refractivity contribution >= 4 is 22.6 Å². The maximum atomic E-state index is 5.34. The molecular formula is C17H12N4O. The molecule has 4 rings (SSSR count). The summed E-state index contributed by atoms with van der Waals surface area (Å²) in [6.07, 6.45) is 1.47. The second-order valence-electron chi connectivity index (χ2n) is 4.79. The average Bonchev–Trinajstić information content (AvgIpc) is 3.02. The number of benzene rings is 2. The van der Waals surface area contributed by atoms with Crippen LogP contribution in [0.3, 0.4) is 0 Å². The monoisotopic (exact) mass is 288 g/mol. The highest BCUT2D eigenvalue weighted by Crippen LogP contribution is 2.32. The lowest BCUT2D eigenvalue weighted by molar-refractivity contribution is 0.451. The largest absolute Gasteiger partial charge is 0.339 e. The van der Waals surface area contributed by atoms with Crippen molar-refractivity contribution in [3.8, 4) is 11.3 Å². The van der Waals surface area contributed by atoms with Gasteiger partial charge < -0.3 is 9.84 Å². The van der Waals surface area contributed by atoms with Crippen molar-refractivity contribution in [3.63, 3.8) is 0 Å². The minimum atomic E-state index is 0.465. The number of nitrogens with one attached hydrogen (secondary N) is 1. The summed E-state index contributed by atoms with van der Waals surface area (Å²) >= 11 is 0. The van der Waals surface area contributed by atoms with Gasteiger partial charge in [0, 0.05) is 11.3 Å². The van der Waals surface area contributed by atoms with Crippen molar-refractivity contribution in [3.05, 3.63) is 67.0 Å². The Morgan fingerprint density at radius 1 is 0.818 bits per heavy atom. The smallest absolute Gasteiger partial charge is 0.263 e. The molecule has 2 heterocycles. The first-order valence-corrected chi connectivity index (χ1v) is 6.90. The number of aromatic nitrogens is 3. The van der Waals surface area contributed by atoms with Gasteiger partial charge in [0.25, 0.3) is 5.71 Å². The fraction of sp³-hybridized carbons (Fsp3) is 0. The highest BCUT2D eigenvalue weighted by molar-refractivity contribution is 5.98. The lowest BCUT2D eigenvalue weighted by atomic mass is 10.1. The van der Waals surface area contributed by atoms with Crippen LogP contribution in [-0.2, 0) is 0 Å². The van der Waals surface area contributed by atoms with E-state index in [-0.39, 0.29) is 0 Å². The Labute approximate surface area is 126 Å².